The van der Waals surface area contributed by atoms with Crippen LogP contribution in [-0.4, -0.2) is 16.8 Å². The number of aliphatic hydroxyl groups is 1. The van der Waals surface area contributed by atoms with Crippen LogP contribution in [0.3, 0.4) is 0 Å². The summed E-state index contributed by atoms with van der Waals surface area (Å²) < 4.78 is 12.9. The summed E-state index contributed by atoms with van der Waals surface area (Å²) in [5.74, 6) is -1.48. The van der Waals surface area contributed by atoms with Gasteiger partial charge in [0.15, 0.2) is 11.4 Å². The van der Waals surface area contributed by atoms with E-state index in [2.05, 4.69) is 5.32 Å². The second-order valence-corrected chi connectivity index (χ2v) is 5.65. The largest absolute Gasteiger partial charge is 0.375 e. The minimum absolute atomic E-state index is 0.257. The summed E-state index contributed by atoms with van der Waals surface area (Å²) in [5, 5.41) is 13.4. The van der Waals surface area contributed by atoms with Crippen LogP contribution in [0.2, 0.25) is 0 Å². The van der Waals surface area contributed by atoms with Crippen molar-refractivity contribution in [2.24, 2.45) is 0 Å². The summed E-state index contributed by atoms with van der Waals surface area (Å²) in [6, 6.07) is 10.4. The molecule has 1 unspecified atom stereocenters. The van der Waals surface area contributed by atoms with Crippen molar-refractivity contribution in [1.82, 2.24) is 0 Å². The van der Waals surface area contributed by atoms with Crippen LogP contribution in [-0.2, 0) is 16.8 Å². The Hall–Kier alpha value is -2.53. The lowest BCUT2D eigenvalue weighted by Gasteiger charge is -2.20. The van der Waals surface area contributed by atoms with E-state index in [0.717, 1.165) is 12.0 Å². The minimum atomic E-state index is -1.90. The molecule has 1 aliphatic rings. The number of halogens is 1. The van der Waals surface area contributed by atoms with Crippen molar-refractivity contribution in [3.63, 3.8) is 0 Å². The van der Waals surface area contributed by atoms with Crippen molar-refractivity contribution in [3.8, 4) is 0 Å². The number of fused-ring (bicyclic) bond motifs is 1. The predicted molar refractivity (Wildman–Crippen MR) is 83.7 cm³/mol. The molecule has 2 aromatic carbocycles. The second kappa shape index (κ2) is 5.59. The first-order chi connectivity index (χ1) is 10.9. The number of carbonyl (C=O) groups is 2. The molecule has 0 fully saturated rings. The number of amides is 1. The van der Waals surface area contributed by atoms with Crippen LogP contribution in [0.15, 0.2) is 42.5 Å². The van der Waals surface area contributed by atoms with Gasteiger partial charge in [0.05, 0.1) is 6.42 Å². The molecule has 4 nitrogen and oxygen atoms in total. The van der Waals surface area contributed by atoms with Crippen LogP contribution in [0, 0.1) is 5.82 Å². The Labute approximate surface area is 133 Å². The average molecular weight is 313 g/mol. The third kappa shape index (κ3) is 2.64. The van der Waals surface area contributed by atoms with Gasteiger partial charge in [-0.15, -0.1) is 0 Å². The van der Waals surface area contributed by atoms with Gasteiger partial charge in [0.1, 0.15) is 5.82 Å². The normalized spacial score (nSPS) is 19.3. The SMILES string of the molecule is CCc1ccc2c(c1)C(O)(CC(=O)c1ccc(F)cc1)C(=O)N2. The van der Waals surface area contributed by atoms with Gasteiger partial charge in [0, 0.05) is 16.8 Å². The fraction of sp³-hybridized carbons (Fsp3) is 0.222. The molecule has 0 saturated heterocycles. The molecule has 2 aromatic rings. The highest BCUT2D eigenvalue weighted by molar-refractivity contribution is 6.09. The third-order valence-corrected chi connectivity index (χ3v) is 4.14. The molecule has 1 atom stereocenters. The average Bonchev–Trinajstić information content (AvgIpc) is 2.78. The number of aryl methyl sites for hydroxylation is 1. The smallest absolute Gasteiger partial charge is 0.261 e. The van der Waals surface area contributed by atoms with E-state index in [4.69, 9.17) is 0 Å². The molecule has 0 saturated carbocycles. The molecule has 3 rings (SSSR count). The minimum Gasteiger partial charge on any atom is -0.375 e. The van der Waals surface area contributed by atoms with Crippen LogP contribution >= 0.6 is 0 Å². The van der Waals surface area contributed by atoms with E-state index < -0.39 is 23.1 Å². The van der Waals surface area contributed by atoms with Crippen molar-refractivity contribution >= 4 is 17.4 Å². The first-order valence-electron chi connectivity index (χ1n) is 7.40. The van der Waals surface area contributed by atoms with Gasteiger partial charge in [-0.3, -0.25) is 9.59 Å². The first-order valence-corrected chi connectivity index (χ1v) is 7.40. The van der Waals surface area contributed by atoms with Gasteiger partial charge in [0.25, 0.3) is 5.91 Å². The summed E-state index contributed by atoms with van der Waals surface area (Å²) >= 11 is 0. The molecule has 0 bridgehead atoms. The highest BCUT2D eigenvalue weighted by Crippen LogP contribution is 2.39. The Bertz CT molecular complexity index is 785. The fourth-order valence-corrected chi connectivity index (χ4v) is 2.76. The van der Waals surface area contributed by atoms with Crippen molar-refractivity contribution in [2.75, 3.05) is 5.32 Å². The van der Waals surface area contributed by atoms with Gasteiger partial charge in [0.2, 0.25) is 0 Å². The number of hydrogen-bond donors (Lipinski definition) is 2. The molecule has 0 radical (unpaired) electrons. The molecular weight excluding hydrogens is 297 g/mol. The Balaban J connectivity index is 1.94. The molecule has 1 amide bonds. The molecule has 1 heterocycles. The van der Waals surface area contributed by atoms with Gasteiger partial charge in [-0.05, 0) is 42.3 Å². The zero-order valence-electron chi connectivity index (χ0n) is 12.6. The molecule has 1 aliphatic heterocycles. The molecule has 23 heavy (non-hydrogen) atoms. The summed E-state index contributed by atoms with van der Waals surface area (Å²) in [6.45, 7) is 1.97. The Morgan fingerprint density at radius 1 is 1.22 bits per heavy atom. The number of benzene rings is 2. The van der Waals surface area contributed by atoms with E-state index in [1.54, 1.807) is 12.1 Å². The van der Waals surface area contributed by atoms with Crippen LogP contribution in [0.4, 0.5) is 10.1 Å². The van der Waals surface area contributed by atoms with Gasteiger partial charge in [-0.25, -0.2) is 4.39 Å². The quantitative estimate of drug-likeness (QED) is 0.853. The molecule has 0 aliphatic carbocycles. The van der Waals surface area contributed by atoms with Crippen LogP contribution < -0.4 is 5.32 Å². The summed E-state index contributed by atoms with van der Waals surface area (Å²) in [6.07, 6.45) is 0.369. The number of nitrogens with one attached hydrogen (secondary N) is 1. The van der Waals surface area contributed by atoms with Crippen molar-refractivity contribution in [1.29, 1.82) is 0 Å². The highest BCUT2D eigenvalue weighted by atomic mass is 19.1. The zero-order chi connectivity index (χ0) is 16.6. The number of hydrogen-bond acceptors (Lipinski definition) is 3. The predicted octanol–water partition coefficient (Wildman–Crippen LogP) is 2.80. The van der Waals surface area contributed by atoms with E-state index in [1.807, 2.05) is 13.0 Å². The fourth-order valence-electron chi connectivity index (χ4n) is 2.76. The van der Waals surface area contributed by atoms with Gasteiger partial charge < -0.3 is 10.4 Å². The number of carbonyl (C=O) groups excluding carboxylic acids is 2. The third-order valence-electron chi connectivity index (χ3n) is 4.14. The van der Waals surface area contributed by atoms with Gasteiger partial charge in [-0.1, -0.05) is 19.1 Å². The van der Waals surface area contributed by atoms with Crippen molar-refractivity contribution in [2.45, 2.75) is 25.4 Å². The van der Waals surface area contributed by atoms with Gasteiger partial charge >= 0.3 is 0 Å². The standard InChI is InChI=1S/C18H16FNO3/c1-2-11-3-8-15-14(9-11)18(23,17(22)20-15)10-16(21)12-4-6-13(19)7-5-12/h3-9,23H,2,10H2,1H3,(H,20,22). The molecule has 0 spiro atoms. The molecule has 118 valence electrons. The van der Waals surface area contributed by atoms with Crippen molar-refractivity contribution in [3.05, 3.63) is 65.0 Å². The summed E-state index contributed by atoms with van der Waals surface area (Å²) in [5.41, 5.74) is 0.256. The lowest BCUT2D eigenvalue weighted by Crippen LogP contribution is -2.36. The lowest BCUT2D eigenvalue weighted by molar-refractivity contribution is -0.133. The zero-order valence-corrected chi connectivity index (χ0v) is 12.6. The number of Topliss-reactive ketones (excluding diaryl/α,β-unsaturated/α-hetero) is 1. The highest BCUT2D eigenvalue weighted by Gasteiger charge is 2.46. The Morgan fingerprint density at radius 3 is 2.57 bits per heavy atom. The monoisotopic (exact) mass is 313 g/mol. The van der Waals surface area contributed by atoms with E-state index in [0.29, 0.717) is 11.3 Å². The summed E-state index contributed by atoms with van der Waals surface area (Å²) in [7, 11) is 0. The van der Waals surface area contributed by atoms with Crippen LogP contribution in [0.5, 0.6) is 0 Å². The first kappa shape index (κ1) is 15.4. The number of ketones is 1. The van der Waals surface area contributed by atoms with Gasteiger partial charge in [-0.2, -0.15) is 0 Å². The van der Waals surface area contributed by atoms with E-state index >= 15 is 0 Å². The molecule has 2 N–H and O–H groups in total. The Kier molecular flexibility index (Phi) is 3.74. The molecule has 0 aromatic heterocycles. The maximum absolute atomic E-state index is 12.9. The van der Waals surface area contributed by atoms with E-state index in [9.17, 15) is 19.1 Å². The van der Waals surface area contributed by atoms with Crippen molar-refractivity contribution < 1.29 is 19.1 Å². The molecule has 5 heteroatoms. The topological polar surface area (TPSA) is 66.4 Å². The number of rotatable bonds is 4. The van der Waals surface area contributed by atoms with Crippen LogP contribution in [0.1, 0.15) is 34.8 Å². The second-order valence-electron chi connectivity index (χ2n) is 5.65. The van der Waals surface area contributed by atoms with E-state index in [1.165, 1.54) is 24.3 Å². The maximum Gasteiger partial charge on any atom is 0.261 e. The maximum atomic E-state index is 12.9. The lowest BCUT2D eigenvalue weighted by atomic mass is 9.87. The number of anilines is 1. The summed E-state index contributed by atoms with van der Waals surface area (Å²) in [4.78, 5) is 24.6. The van der Waals surface area contributed by atoms with E-state index in [-0.39, 0.29) is 12.0 Å². The Morgan fingerprint density at radius 2 is 1.91 bits per heavy atom. The van der Waals surface area contributed by atoms with Crippen LogP contribution in [0.25, 0.3) is 0 Å². The molecular formula is C18H16FNO3.